The van der Waals surface area contributed by atoms with E-state index >= 15 is 0 Å². The van der Waals surface area contributed by atoms with Crippen molar-refractivity contribution in [2.24, 2.45) is 0 Å². The van der Waals surface area contributed by atoms with Crippen LogP contribution >= 0.6 is 0 Å². The van der Waals surface area contributed by atoms with Crippen molar-refractivity contribution in [2.45, 2.75) is 19.4 Å². The van der Waals surface area contributed by atoms with Gasteiger partial charge in [-0.3, -0.25) is 4.79 Å². The van der Waals surface area contributed by atoms with Gasteiger partial charge in [0.1, 0.15) is 0 Å². The lowest BCUT2D eigenvalue weighted by molar-refractivity contribution is -0.127. The number of amides is 1. The second-order valence-electron chi connectivity index (χ2n) is 2.99. The molecule has 12 heavy (non-hydrogen) atoms. The molecule has 1 aliphatic rings. The summed E-state index contributed by atoms with van der Waals surface area (Å²) in [6.45, 7) is 7.59. The van der Waals surface area contributed by atoms with Gasteiger partial charge in [0.25, 0.3) is 0 Å². The Morgan fingerprint density at radius 1 is 1.67 bits per heavy atom. The van der Waals surface area contributed by atoms with Gasteiger partial charge in [0, 0.05) is 19.2 Å². The molecule has 0 saturated carbocycles. The van der Waals surface area contributed by atoms with Gasteiger partial charge < -0.3 is 9.64 Å². The number of hydrogen-bond donors (Lipinski definition) is 0. The Labute approximate surface area is 73.0 Å². The summed E-state index contributed by atoms with van der Waals surface area (Å²) in [5, 5.41) is 0. The van der Waals surface area contributed by atoms with Gasteiger partial charge in [-0.25, -0.2) is 0 Å². The van der Waals surface area contributed by atoms with Gasteiger partial charge in [0.15, 0.2) is 0 Å². The third-order valence-electron chi connectivity index (χ3n) is 2.15. The third-order valence-corrected chi connectivity index (χ3v) is 2.15. The molecule has 1 aliphatic heterocycles. The molecule has 1 fully saturated rings. The molecule has 1 saturated heterocycles. The number of hydrogen-bond acceptors (Lipinski definition) is 2. The molecule has 1 heterocycles. The average Bonchev–Trinajstić information content (AvgIpc) is 2.28. The molecule has 0 bridgehead atoms. The highest BCUT2D eigenvalue weighted by Gasteiger charge is 2.19. The van der Waals surface area contributed by atoms with E-state index in [1.54, 1.807) is 4.90 Å². The van der Waals surface area contributed by atoms with Crippen LogP contribution in [0.1, 0.15) is 13.3 Å². The minimum Gasteiger partial charge on any atom is -0.380 e. The van der Waals surface area contributed by atoms with E-state index in [2.05, 4.69) is 6.58 Å². The van der Waals surface area contributed by atoms with Gasteiger partial charge >= 0.3 is 0 Å². The van der Waals surface area contributed by atoms with Gasteiger partial charge in [0.05, 0.1) is 6.61 Å². The summed E-state index contributed by atoms with van der Waals surface area (Å²) in [5.74, 6) is 0.00741. The summed E-state index contributed by atoms with van der Waals surface area (Å²) in [4.78, 5) is 13.1. The van der Waals surface area contributed by atoms with Crippen LogP contribution in [0.5, 0.6) is 0 Å². The number of nitrogens with zero attached hydrogens (tertiary/aromatic N) is 1. The number of rotatable bonds is 1. The van der Waals surface area contributed by atoms with Crippen LogP contribution < -0.4 is 0 Å². The van der Waals surface area contributed by atoms with Crippen molar-refractivity contribution < 1.29 is 9.53 Å². The second kappa shape index (κ2) is 4.26. The highest BCUT2D eigenvalue weighted by molar-refractivity contribution is 5.87. The molecule has 0 N–H and O–H groups in total. The molecule has 1 rings (SSSR count). The van der Waals surface area contributed by atoms with Gasteiger partial charge in [-0.15, -0.1) is 0 Å². The first-order valence-corrected chi connectivity index (χ1v) is 4.26. The molecule has 0 aromatic heterocycles. The van der Waals surface area contributed by atoms with E-state index in [0.29, 0.717) is 13.2 Å². The van der Waals surface area contributed by atoms with E-state index in [1.807, 2.05) is 6.92 Å². The Hall–Kier alpha value is -0.830. The molecule has 0 aliphatic carbocycles. The van der Waals surface area contributed by atoms with Crippen LogP contribution in [0.3, 0.4) is 0 Å². The normalized spacial score (nSPS) is 24.8. The van der Waals surface area contributed by atoms with Crippen LogP contribution in [0.2, 0.25) is 0 Å². The lowest BCUT2D eigenvalue weighted by Gasteiger charge is -2.24. The summed E-state index contributed by atoms with van der Waals surface area (Å²) in [5.41, 5.74) is 0. The minimum absolute atomic E-state index is 0.00741. The fourth-order valence-corrected chi connectivity index (χ4v) is 1.34. The Bertz CT molecular complexity index is 179. The first kappa shape index (κ1) is 9.26. The van der Waals surface area contributed by atoms with Crippen molar-refractivity contribution in [2.75, 3.05) is 19.8 Å². The predicted molar refractivity (Wildman–Crippen MR) is 46.8 cm³/mol. The SMILES string of the molecule is C=CC(=O)N1CCOCCC1C. The maximum atomic E-state index is 11.3. The molecule has 3 heteroatoms. The molecule has 68 valence electrons. The largest absolute Gasteiger partial charge is 0.380 e. The first-order chi connectivity index (χ1) is 5.75. The Kier molecular flexibility index (Phi) is 3.29. The van der Waals surface area contributed by atoms with E-state index in [4.69, 9.17) is 4.74 Å². The molecule has 3 nitrogen and oxygen atoms in total. The minimum atomic E-state index is 0.00741. The van der Waals surface area contributed by atoms with Gasteiger partial charge in [-0.1, -0.05) is 6.58 Å². The molecule has 1 atom stereocenters. The number of ether oxygens (including phenoxy) is 1. The summed E-state index contributed by atoms with van der Waals surface area (Å²) >= 11 is 0. The zero-order valence-corrected chi connectivity index (χ0v) is 7.45. The average molecular weight is 169 g/mol. The van der Waals surface area contributed by atoms with E-state index in [1.165, 1.54) is 6.08 Å². The van der Waals surface area contributed by atoms with Crippen molar-refractivity contribution in [3.63, 3.8) is 0 Å². The van der Waals surface area contributed by atoms with Crippen LogP contribution in [0.25, 0.3) is 0 Å². The standard InChI is InChI=1S/C9H15NO2/c1-3-9(11)10-5-7-12-6-4-8(10)2/h3,8H,1,4-7H2,2H3. The highest BCUT2D eigenvalue weighted by atomic mass is 16.5. The van der Waals surface area contributed by atoms with Gasteiger partial charge in [-0.05, 0) is 19.4 Å². The Balaban J connectivity index is 2.58. The topological polar surface area (TPSA) is 29.5 Å². The van der Waals surface area contributed by atoms with Crippen molar-refractivity contribution in [1.29, 1.82) is 0 Å². The lowest BCUT2D eigenvalue weighted by Crippen LogP contribution is -2.38. The molecule has 0 radical (unpaired) electrons. The van der Waals surface area contributed by atoms with Gasteiger partial charge in [-0.2, -0.15) is 0 Å². The Morgan fingerprint density at radius 3 is 3.08 bits per heavy atom. The summed E-state index contributed by atoms with van der Waals surface area (Å²) < 4.78 is 5.26. The van der Waals surface area contributed by atoms with E-state index in [9.17, 15) is 4.79 Å². The van der Waals surface area contributed by atoms with E-state index in [-0.39, 0.29) is 11.9 Å². The van der Waals surface area contributed by atoms with Crippen LogP contribution in [0, 0.1) is 0 Å². The van der Waals surface area contributed by atoms with Crippen LogP contribution in [-0.2, 0) is 9.53 Å². The van der Waals surface area contributed by atoms with Crippen LogP contribution in [0.15, 0.2) is 12.7 Å². The first-order valence-electron chi connectivity index (χ1n) is 4.26. The van der Waals surface area contributed by atoms with Crippen LogP contribution in [-0.4, -0.2) is 36.6 Å². The molecular weight excluding hydrogens is 154 g/mol. The summed E-state index contributed by atoms with van der Waals surface area (Å²) in [6, 6.07) is 0.276. The quantitative estimate of drug-likeness (QED) is 0.544. The lowest BCUT2D eigenvalue weighted by atomic mass is 10.2. The van der Waals surface area contributed by atoms with Gasteiger partial charge in [0.2, 0.25) is 5.91 Å². The number of carbonyl (C=O) groups is 1. The molecule has 1 amide bonds. The number of carbonyl (C=O) groups excluding carboxylic acids is 1. The molecule has 0 aromatic rings. The summed E-state index contributed by atoms with van der Waals surface area (Å²) in [6.07, 6.45) is 2.28. The second-order valence-corrected chi connectivity index (χ2v) is 2.99. The monoisotopic (exact) mass is 169 g/mol. The molecule has 0 aromatic carbocycles. The van der Waals surface area contributed by atoms with Crippen molar-refractivity contribution in [3.05, 3.63) is 12.7 Å². The van der Waals surface area contributed by atoms with Crippen molar-refractivity contribution in [1.82, 2.24) is 4.90 Å². The van der Waals surface area contributed by atoms with Crippen LogP contribution in [0.4, 0.5) is 0 Å². The van der Waals surface area contributed by atoms with Crippen molar-refractivity contribution >= 4 is 5.91 Å². The van der Waals surface area contributed by atoms with E-state index < -0.39 is 0 Å². The summed E-state index contributed by atoms with van der Waals surface area (Å²) in [7, 11) is 0. The smallest absolute Gasteiger partial charge is 0.246 e. The molecule has 1 unspecified atom stereocenters. The third kappa shape index (κ3) is 2.08. The molecule has 0 spiro atoms. The predicted octanol–water partition coefficient (Wildman–Crippen LogP) is 0.810. The molecular formula is C9H15NO2. The maximum absolute atomic E-state index is 11.3. The fourth-order valence-electron chi connectivity index (χ4n) is 1.34. The van der Waals surface area contributed by atoms with E-state index in [0.717, 1.165) is 13.0 Å². The zero-order valence-electron chi connectivity index (χ0n) is 7.45. The highest BCUT2D eigenvalue weighted by Crippen LogP contribution is 2.08. The van der Waals surface area contributed by atoms with Crippen molar-refractivity contribution in [3.8, 4) is 0 Å². The Morgan fingerprint density at radius 2 is 2.42 bits per heavy atom. The maximum Gasteiger partial charge on any atom is 0.246 e. The zero-order chi connectivity index (χ0) is 8.97. The fraction of sp³-hybridized carbons (Fsp3) is 0.667.